The van der Waals surface area contributed by atoms with Crippen LogP contribution in [0.15, 0.2) is 34.3 Å². The third-order valence-electron chi connectivity index (χ3n) is 2.89. The Hall–Kier alpha value is -3.63. The number of hydrazone groups is 1. The fourth-order valence-corrected chi connectivity index (χ4v) is 1.75. The Balaban J connectivity index is 1.75. The van der Waals surface area contributed by atoms with Crippen molar-refractivity contribution in [2.45, 2.75) is 6.92 Å². The van der Waals surface area contributed by atoms with Crippen LogP contribution >= 0.6 is 0 Å². The van der Waals surface area contributed by atoms with Gasteiger partial charge in [0.25, 0.3) is 5.91 Å². The minimum Gasteiger partial charge on any atom is -0.378 e. The lowest BCUT2D eigenvalue weighted by Gasteiger charge is -1.99. The van der Waals surface area contributed by atoms with E-state index in [1.807, 2.05) is 0 Å². The number of nitrogen functional groups attached to an aromatic ring is 1. The number of nitrogens with one attached hydrogen (secondary N) is 1. The summed E-state index contributed by atoms with van der Waals surface area (Å²) >= 11 is 0. The molecule has 0 atom stereocenters. The molecule has 3 aromatic heterocycles. The second-order valence-electron chi connectivity index (χ2n) is 4.39. The lowest BCUT2D eigenvalue weighted by atomic mass is 10.3. The lowest BCUT2D eigenvalue weighted by Crippen LogP contribution is -2.19. The molecule has 3 rings (SSSR count). The Morgan fingerprint density at radius 3 is 2.87 bits per heavy atom. The number of aromatic nitrogens is 6. The molecule has 116 valence electrons. The Labute approximate surface area is 129 Å². The fourth-order valence-electron chi connectivity index (χ4n) is 1.75. The van der Waals surface area contributed by atoms with Gasteiger partial charge in [-0.25, -0.2) is 10.1 Å². The number of pyridine rings is 1. The molecule has 3 N–H and O–H groups in total. The summed E-state index contributed by atoms with van der Waals surface area (Å²) in [6.07, 6.45) is 4.73. The topological polar surface area (TPSA) is 150 Å². The summed E-state index contributed by atoms with van der Waals surface area (Å²) in [5.41, 5.74) is 9.25. The molecule has 0 spiro atoms. The van der Waals surface area contributed by atoms with Crippen molar-refractivity contribution in [2.24, 2.45) is 5.10 Å². The first-order valence-electron chi connectivity index (χ1n) is 6.41. The Bertz CT molecular complexity index is 853. The number of amides is 1. The van der Waals surface area contributed by atoms with Gasteiger partial charge in [0.2, 0.25) is 11.6 Å². The molecular formula is C12H11N9O2. The number of nitrogens with two attached hydrogens (primary N) is 1. The first-order valence-corrected chi connectivity index (χ1v) is 6.41. The van der Waals surface area contributed by atoms with Crippen LogP contribution in [-0.4, -0.2) is 42.4 Å². The van der Waals surface area contributed by atoms with E-state index in [9.17, 15) is 4.79 Å². The molecule has 0 aromatic carbocycles. The highest BCUT2D eigenvalue weighted by atomic mass is 16.6. The van der Waals surface area contributed by atoms with Crippen LogP contribution in [0.2, 0.25) is 0 Å². The van der Waals surface area contributed by atoms with Crippen molar-refractivity contribution < 1.29 is 9.42 Å². The zero-order valence-electron chi connectivity index (χ0n) is 11.9. The average Bonchev–Trinajstić information content (AvgIpc) is 3.14. The number of carbonyl (C=O) groups is 1. The van der Waals surface area contributed by atoms with Gasteiger partial charge in [-0.05, 0) is 34.9 Å². The van der Waals surface area contributed by atoms with Crippen LogP contribution in [0, 0.1) is 6.92 Å². The minimum atomic E-state index is -0.519. The van der Waals surface area contributed by atoms with Crippen LogP contribution in [0.5, 0.6) is 0 Å². The van der Waals surface area contributed by atoms with Crippen molar-refractivity contribution in [3.63, 3.8) is 0 Å². The third kappa shape index (κ3) is 2.88. The molecule has 0 fully saturated rings. The molecule has 11 heteroatoms. The van der Waals surface area contributed by atoms with Crippen molar-refractivity contribution in [2.75, 3.05) is 5.73 Å². The highest BCUT2D eigenvalue weighted by molar-refractivity contribution is 5.94. The summed E-state index contributed by atoms with van der Waals surface area (Å²) in [4.78, 5) is 16.0. The number of anilines is 1. The molecule has 3 heterocycles. The molecule has 0 aliphatic heterocycles. The molecule has 23 heavy (non-hydrogen) atoms. The molecule has 0 radical (unpaired) electrons. The first-order chi connectivity index (χ1) is 11.2. The van der Waals surface area contributed by atoms with Crippen LogP contribution in [-0.2, 0) is 0 Å². The van der Waals surface area contributed by atoms with E-state index in [-0.39, 0.29) is 17.3 Å². The van der Waals surface area contributed by atoms with E-state index in [0.29, 0.717) is 5.69 Å². The maximum atomic E-state index is 12.1. The van der Waals surface area contributed by atoms with Gasteiger partial charge in [0, 0.05) is 12.4 Å². The van der Waals surface area contributed by atoms with Gasteiger partial charge in [-0.2, -0.15) is 9.78 Å². The van der Waals surface area contributed by atoms with Crippen LogP contribution < -0.4 is 11.2 Å². The van der Waals surface area contributed by atoms with Gasteiger partial charge in [0.05, 0.1) is 11.9 Å². The molecule has 0 aliphatic rings. The van der Waals surface area contributed by atoms with E-state index >= 15 is 0 Å². The monoisotopic (exact) mass is 313 g/mol. The molecular weight excluding hydrogens is 302 g/mol. The van der Waals surface area contributed by atoms with Crippen LogP contribution in [0.1, 0.15) is 21.7 Å². The molecule has 11 nitrogen and oxygen atoms in total. The van der Waals surface area contributed by atoms with Gasteiger partial charge in [-0.3, -0.25) is 9.78 Å². The highest BCUT2D eigenvalue weighted by Gasteiger charge is 2.20. The smallest absolute Gasteiger partial charge is 0.293 e. The number of hydrogen-bond donors (Lipinski definition) is 2. The standard InChI is InChI=1S/C12H11N9O2/c1-7-9(16-20-21(7)11-10(13)18-23-19-11)12(22)17-15-6-8-2-4-14-5-3-8/h2-6H,1H3,(H2,13,18)(H,17,22)/b15-6+. The van der Waals surface area contributed by atoms with E-state index < -0.39 is 5.91 Å². The SMILES string of the molecule is Cc1c(C(=O)N/N=C/c2ccncc2)nnn1-c1nonc1N. The summed E-state index contributed by atoms with van der Waals surface area (Å²) < 4.78 is 5.75. The highest BCUT2D eigenvalue weighted by Crippen LogP contribution is 2.14. The number of rotatable bonds is 4. The average molecular weight is 313 g/mol. The zero-order chi connectivity index (χ0) is 16.2. The maximum absolute atomic E-state index is 12.1. The van der Waals surface area contributed by atoms with E-state index in [0.717, 1.165) is 5.56 Å². The van der Waals surface area contributed by atoms with Gasteiger partial charge in [-0.15, -0.1) is 5.10 Å². The Morgan fingerprint density at radius 1 is 1.39 bits per heavy atom. The molecule has 0 unspecified atom stereocenters. The van der Waals surface area contributed by atoms with E-state index in [1.165, 1.54) is 10.9 Å². The van der Waals surface area contributed by atoms with Crippen molar-refractivity contribution in [1.82, 2.24) is 35.7 Å². The molecule has 0 saturated heterocycles. The molecule has 3 aromatic rings. The molecule has 0 bridgehead atoms. The number of hydrogen-bond acceptors (Lipinski definition) is 9. The quantitative estimate of drug-likeness (QED) is 0.492. The van der Waals surface area contributed by atoms with Crippen molar-refractivity contribution in [3.8, 4) is 5.82 Å². The van der Waals surface area contributed by atoms with E-state index in [1.54, 1.807) is 31.5 Å². The summed E-state index contributed by atoms with van der Waals surface area (Å²) in [7, 11) is 0. The van der Waals surface area contributed by atoms with Crippen LogP contribution in [0.25, 0.3) is 5.82 Å². The zero-order valence-corrected chi connectivity index (χ0v) is 11.9. The van der Waals surface area contributed by atoms with Gasteiger partial charge in [0.1, 0.15) is 0 Å². The van der Waals surface area contributed by atoms with Crippen LogP contribution in [0.4, 0.5) is 5.82 Å². The predicted octanol–water partition coefficient (Wildman–Crippen LogP) is -0.300. The Kier molecular flexibility index (Phi) is 3.74. The summed E-state index contributed by atoms with van der Waals surface area (Å²) in [6.45, 7) is 1.63. The Morgan fingerprint density at radius 2 is 2.17 bits per heavy atom. The summed E-state index contributed by atoms with van der Waals surface area (Å²) in [5.74, 6) is -0.316. The van der Waals surface area contributed by atoms with Crippen molar-refractivity contribution in [3.05, 3.63) is 41.5 Å². The van der Waals surface area contributed by atoms with Crippen molar-refractivity contribution >= 4 is 17.9 Å². The number of nitrogens with zero attached hydrogens (tertiary/aromatic N) is 7. The van der Waals surface area contributed by atoms with Crippen LogP contribution in [0.3, 0.4) is 0 Å². The van der Waals surface area contributed by atoms with Gasteiger partial charge in [-0.1, -0.05) is 5.21 Å². The van der Waals surface area contributed by atoms with E-state index in [2.05, 4.69) is 40.8 Å². The first kappa shape index (κ1) is 14.3. The lowest BCUT2D eigenvalue weighted by molar-refractivity contribution is 0.0949. The van der Waals surface area contributed by atoms with Gasteiger partial charge >= 0.3 is 0 Å². The number of carbonyl (C=O) groups excluding carboxylic acids is 1. The second-order valence-corrected chi connectivity index (χ2v) is 4.39. The summed E-state index contributed by atoms with van der Waals surface area (Å²) in [5, 5.41) is 18.5. The second kappa shape index (κ2) is 6.01. The molecule has 0 aliphatic carbocycles. The fraction of sp³-hybridized carbons (Fsp3) is 0.0833. The predicted molar refractivity (Wildman–Crippen MR) is 77.7 cm³/mol. The third-order valence-corrected chi connectivity index (χ3v) is 2.89. The summed E-state index contributed by atoms with van der Waals surface area (Å²) in [6, 6.07) is 3.50. The normalized spacial score (nSPS) is 11.0. The molecule has 0 saturated carbocycles. The largest absolute Gasteiger partial charge is 0.378 e. The van der Waals surface area contributed by atoms with Crippen molar-refractivity contribution in [1.29, 1.82) is 0 Å². The van der Waals surface area contributed by atoms with Gasteiger partial charge in [0.15, 0.2) is 5.69 Å². The van der Waals surface area contributed by atoms with Gasteiger partial charge < -0.3 is 5.73 Å². The minimum absolute atomic E-state index is 0.0423. The molecule has 1 amide bonds. The maximum Gasteiger partial charge on any atom is 0.293 e. The van der Waals surface area contributed by atoms with E-state index in [4.69, 9.17) is 5.73 Å².